The molecule has 0 spiro atoms. The number of carbonyl (C=O) groups excluding carboxylic acids is 2. The zero-order valence-electron chi connectivity index (χ0n) is 13.6. The Labute approximate surface area is 150 Å². The molecule has 130 valence electrons. The minimum absolute atomic E-state index is 0.101. The smallest absolute Gasteiger partial charge is 0.324 e. The highest BCUT2D eigenvalue weighted by atomic mass is 35.5. The Bertz CT molecular complexity index is 828. The number of anilines is 2. The SMILES string of the molecule is Cc1c(Cl)cccc1NC(=O)CN1CCN(c2ccccc2F)C1=O. The molecule has 0 atom stereocenters. The van der Waals surface area contributed by atoms with Crippen molar-refractivity contribution in [1.29, 1.82) is 0 Å². The van der Waals surface area contributed by atoms with E-state index in [1.807, 2.05) is 0 Å². The van der Waals surface area contributed by atoms with E-state index in [-0.39, 0.29) is 24.2 Å². The maximum atomic E-state index is 13.9. The van der Waals surface area contributed by atoms with E-state index in [1.165, 1.54) is 15.9 Å². The van der Waals surface area contributed by atoms with E-state index in [1.54, 1.807) is 43.3 Å². The minimum Gasteiger partial charge on any atom is -0.324 e. The Morgan fingerprint density at radius 3 is 2.72 bits per heavy atom. The van der Waals surface area contributed by atoms with Gasteiger partial charge in [0.15, 0.2) is 0 Å². The molecule has 1 fully saturated rings. The Kier molecular flexibility index (Phi) is 4.90. The fourth-order valence-electron chi connectivity index (χ4n) is 2.73. The van der Waals surface area contributed by atoms with Crippen LogP contribution in [0.4, 0.5) is 20.6 Å². The number of nitrogens with zero attached hydrogens (tertiary/aromatic N) is 2. The van der Waals surface area contributed by atoms with E-state index in [0.29, 0.717) is 23.8 Å². The number of benzene rings is 2. The van der Waals surface area contributed by atoms with Crippen LogP contribution in [0.15, 0.2) is 42.5 Å². The molecule has 3 amide bonds. The molecule has 0 aromatic heterocycles. The topological polar surface area (TPSA) is 52.7 Å². The first kappa shape index (κ1) is 17.2. The Hall–Kier alpha value is -2.60. The van der Waals surface area contributed by atoms with Crippen LogP contribution in [0.3, 0.4) is 0 Å². The summed E-state index contributed by atoms with van der Waals surface area (Å²) in [6.07, 6.45) is 0. The zero-order chi connectivity index (χ0) is 18.0. The van der Waals surface area contributed by atoms with Gasteiger partial charge in [-0.05, 0) is 36.8 Å². The third-order valence-corrected chi connectivity index (χ3v) is 4.52. The van der Waals surface area contributed by atoms with Crippen LogP contribution in [0.1, 0.15) is 5.56 Å². The molecule has 1 aliphatic heterocycles. The van der Waals surface area contributed by atoms with Crippen molar-refractivity contribution in [2.75, 3.05) is 29.9 Å². The highest BCUT2D eigenvalue weighted by Crippen LogP contribution is 2.24. The predicted molar refractivity (Wildman–Crippen MR) is 95.5 cm³/mol. The summed E-state index contributed by atoms with van der Waals surface area (Å²) in [4.78, 5) is 27.4. The Balaban J connectivity index is 1.66. The monoisotopic (exact) mass is 361 g/mol. The van der Waals surface area contributed by atoms with Gasteiger partial charge in [-0.2, -0.15) is 0 Å². The van der Waals surface area contributed by atoms with Gasteiger partial charge in [0.05, 0.1) is 5.69 Å². The molecule has 25 heavy (non-hydrogen) atoms. The van der Waals surface area contributed by atoms with Crippen molar-refractivity contribution in [2.45, 2.75) is 6.92 Å². The van der Waals surface area contributed by atoms with E-state index in [2.05, 4.69) is 5.32 Å². The molecule has 0 bridgehead atoms. The summed E-state index contributed by atoms with van der Waals surface area (Å²) in [7, 11) is 0. The summed E-state index contributed by atoms with van der Waals surface area (Å²) >= 11 is 6.03. The van der Waals surface area contributed by atoms with E-state index in [0.717, 1.165) is 5.56 Å². The van der Waals surface area contributed by atoms with Crippen LogP contribution in [-0.4, -0.2) is 36.5 Å². The fourth-order valence-corrected chi connectivity index (χ4v) is 2.90. The third-order valence-electron chi connectivity index (χ3n) is 4.11. The standard InChI is InChI=1S/C18H17ClFN3O2/c1-12-13(19)5-4-7-15(12)21-17(24)11-22-9-10-23(18(22)25)16-8-3-2-6-14(16)20/h2-8H,9-11H2,1H3,(H,21,24). The van der Waals surface area contributed by atoms with Gasteiger partial charge in [0.25, 0.3) is 0 Å². The number of rotatable bonds is 4. The number of para-hydroxylation sites is 1. The van der Waals surface area contributed by atoms with Crippen LogP contribution < -0.4 is 10.2 Å². The van der Waals surface area contributed by atoms with Crippen molar-refractivity contribution in [3.63, 3.8) is 0 Å². The second-order valence-electron chi connectivity index (χ2n) is 5.77. The lowest BCUT2D eigenvalue weighted by atomic mass is 10.2. The van der Waals surface area contributed by atoms with Gasteiger partial charge in [0.2, 0.25) is 5.91 Å². The van der Waals surface area contributed by atoms with Crippen LogP contribution in [0.5, 0.6) is 0 Å². The Morgan fingerprint density at radius 1 is 1.20 bits per heavy atom. The molecule has 1 N–H and O–H groups in total. The van der Waals surface area contributed by atoms with Crippen molar-refractivity contribution in [2.24, 2.45) is 0 Å². The summed E-state index contributed by atoms with van der Waals surface area (Å²) in [5, 5.41) is 3.31. The molecule has 0 unspecified atom stereocenters. The second kappa shape index (κ2) is 7.11. The summed E-state index contributed by atoms with van der Waals surface area (Å²) in [6, 6.07) is 10.9. The summed E-state index contributed by atoms with van der Waals surface area (Å²) < 4.78 is 13.9. The number of halogens is 2. The quantitative estimate of drug-likeness (QED) is 0.903. The number of urea groups is 1. The lowest BCUT2D eigenvalue weighted by Crippen LogP contribution is -2.37. The van der Waals surface area contributed by atoms with E-state index in [4.69, 9.17) is 11.6 Å². The number of nitrogens with one attached hydrogen (secondary N) is 1. The van der Waals surface area contributed by atoms with E-state index >= 15 is 0 Å². The predicted octanol–water partition coefficient (Wildman–Crippen LogP) is 3.67. The maximum absolute atomic E-state index is 13.9. The van der Waals surface area contributed by atoms with Crippen molar-refractivity contribution in [1.82, 2.24) is 4.90 Å². The molecule has 2 aromatic rings. The Morgan fingerprint density at radius 2 is 1.96 bits per heavy atom. The molecule has 3 rings (SSSR count). The van der Waals surface area contributed by atoms with Gasteiger partial charge in [-0.1, -0.05) is 29.8 Å². The minimum atomic E-state index is -0.461. The van der Waals surface area contributed by atoms with Gasteiger partial charge < -0.3 is 10.2 Å². The van der Waals surface area contributed by atoms with Crippen molar-refractivity contribution in [3.8, 4) is 0 Å². The molecular weight excluding hydrogens is 345 g/mol. The molecule has 7 heteroatoms. The van der Waals surface area contributed by atoms with Crippen molar-refractivity contribution < 1.29 is 14.0 Å². The van der Waals surface area contributed by atoms with Gasteiger partial charge in [-0.25, -0.2) is 9.18 Å². The summed E-state index contributed by atoms with van der Waals surface area (Å²) in [6.45, 7) is 2.40. The van der Waals surface area contributed by atoms with Crippen LogP contribution >= 0.6 is 11.6 Å². The second-order valence-corrected chi connectivity index (χ2v) is 6.17. The molecule has 0 radical (unpaired) electrons. The van der Waals surface area contributed by atoms with Gasteiger partial charge in [-0.3, -0.25) is 9.69 Å². The van der Waals surface area contributed by atoms with Crippen molar-refractivity contribution >= 4 is 34.9 Å². The van der Waals surface area contributed by atoms with Gasteiger partial charge >= 0.3 is 6.03 Å². The normalized spacial score (nSPS) is 14.1. The summed E-state index contributed by atoms with van der Waals surface area (Å²) in [5.74, 6) is -0.786. The number of hydrogen-bond acceptors (Lipinski definition) is 2. The zero-order valence-corrected chi connectivity index (χ0v) is 14.4. The first-order valence-corrected chi connectivity index (χ1v) is 8.21. The van der Waals surface area contributed by atoms with Gasteiger partial charge in [0.1, 0.15) is 12.4 Å². The van der Waals surface area contributed by atoms with Gasteiger partial charge in [0, 0.05) is 23.8 Å². The molecule has 5 nitrogen and oxygen atoms in total. The molecule has 0 aliphatic carbocycles. The number of carbonyl (C=O) groups is 2. The fraction of sp³-hybridized carbons (Fsp3) is 0.222. The first-order valence-electron chi connectivity index (χ1n) is 7.83. The van der Waals surface area contributed by atoms with Crippen molar-refractivity contribution in [3.05, 3.63) is 58.9 Å². The summed E-state index contributed by atoms with van der Waals surface area (Å²) in [5.41, 5.74) is 1.59. The largest absolute Gasteiger partial charge is 0.325 e. The van der Waals surface area contributed by atoms with Crippen LogP contribution in [0.25, 0.3) is 0 Å². The van der Waals surface area contributed by atoms with Crippen LogP contribution in [-0.2, 0) is 4.79 Å². The van der Waals surface area contributed by atoms with Crippen LogP contribution in [0.2, 0.25) is 5.02 Å². The molecular formula is C18H17ClFN3O2. The van der Waals surface area contributed by atoms with Gasteiger partial charge in [-0.15, -0.1) is 0 Å². The number of amides is 3. The average Bonchev–Trinajstić information content (AvgIpc) is 2.93. The molecule has 0 saturated carbocycles. The van der Waals surface area contributed by atoms with Crippen LogP contribution in [0, 0.1) is 12.7 Å². The highest BCUT2D eigenvalue weighted by molar-refractivity contribution is 6.31. The number of hydrogen-bond donors (Lipinski definition) is 1. The molecule has 1 saturated heterocycles. The molecule has 2 aromatic carbocycles. The lowest BCUT2D eigenvalue weighted by molar-refractivity contribution is -0.116. The molecule has 1 aliphatic rings. The average molecular weight is 362 g/mol. The molecule has 1 heterocycles. The lowest BCUT2D eigenvalue weighted by Gasteiger charge is -2.19. The first-order chi connectivity index (χ1) is 12.0. The maximum Gasteiger partial charge on any atom is 0.325 e. The third kappa shape index (κ3) is 3.58. The van der Waals surface area contributed by atoms with E-state index < -0.39 is 5.82 Å². The highest BCUT2D eigenvalue weighted by Gasteiger charge is 2.32. The van der Waals surface area contributed by atoms with E-state index in [9.17, 15) is 14.0 Å².